The molecule has 0 bridgehead atoms. The standard InChI is InChI=1S/C31H27NO5S.ClH/c1-38(34,35)28-14-6-23(7-15-28)29-16-8-24-22-25(33)9-17-30(24)31(29)37-27-12-10-26(11-13-27)36-21-20-32-18-4-2-3-5-19-32;/h2-19,22,33H,20-21H2,1H3;1H. The van der Waals surface area contributed by atoms with Crippen molar-refractivity contribution in [3.05, 3.63) is 116 Å². The number of hydrogen-bond donors (Lipinski definition) is 1. The predicted octanol–water partition coefficient (Wildman–Crippen LogP) is 7.11. The van der Waals surface area contributed by atoms with Crippen LogP contribution in [0.4, 0.5) is 0 Å². The van der Waals surface area contributed by atoms with Gasteiger partial charge in [-0.05, 0) is 83.8 Å². The molecule has 0 unspecified atom stereocenters. The fourth-order valence-electron chi connectivity index (χ4n) is 4.15. The van der Waals surface area contributed by atoms with Crippen LogP contribution >= 0.6 is 12.4 Å². The number of fused-ring (bicyclic) bond motifs is 1. The maximum atomic E-state index is 11.9. The zero-order valence-electron chi connectivity index (χ0n) is 21.2. The molecule has 4 aromatic rings. The Morgan fingerprint density at radius 2 is 1.46 bits per heavy atom. The average Bonchev–Trinajstić information content (AvgIpc) is 3.18. The van der Waals surface area contributed by atoms with Crippen molar-refractivity contribution < 1.29 is 23.0 Å². The monoisotopic (exact) mass is 561 g/mol. The van der Waals surface area contributed by atoms with Crippen molar-refractivity contribution in [2.45, 2.75) is 4.90 Å². The Bertz CT molecular complexity index is 1630. The Hall–Kier alpha value is -4.20. The molecule has 0 fully saturated rings. The van der Waals surface area contributed by atoms with E-state index in [0.717, 1.165) is 34.2 Å². The molecule has 0 aromatic heterocycles. The van der Waals surface area contributed by atoms with Gasteiger partial charge in [-0.25, -0.2) is 8.42 Å². The molecule has 6 nitrogen and oxygen atoms in total. The van der Waals surface area contributed by atoms with Crippen LogP contribution in [-0.4, -0.2) is 37.8 Å². The number of phenolic OH excluding ortho intramolecular Hbond substituents is 1. The summed E-state index contributed by atoms with van der Waals surface area (Å²) in [4.78, 5) is 2.31. The summed E-state index contributed by atoms with van der Waals surface area (Å²) in [5.74, 6) is 2.13. The first-order chi connectivity index (χ1) is 18.4. The predicted molar refractivity (Wildman–Crippen MR) is 158 cm³/mol. The highest BCUT2D eigenvalue weighted by Gasteiger charge is 2.15. The second-order valence-corrected chi connectivity index (χ2v) is 10.9. The van der Waals surface area contributed by atoms with E-state index in [1.54, 1.807) is 36.4 Å². The molecule has 0 amide bonds. The van der Waals surface area contributed by atoms with E-state index in [1.807, 2.05) is 79.2 Å². The van der Waals surface area contributed by atoms with E-state index in [-0.39, 0.29) is 23.1 Å². The van der Waals surface area contributed by atoms with Crippen molar-refractivity contribution in [3.8, 4) is 34.1 Å². The number of ether oxygens (including phenoxy) is 2. The number of rotatable bonds is 8. The number of aromatic hydroxyl groups is 1. The number of phenols is 1. The van der Waals surface area contributed by atoms with Gasteiger partial charge in [0.1, 0.15) is 29.6 Å². The summed E-state index contributed by atoms with van der Waals surface area (Å²) in [5.41, 5.74) is 1.62. The SMILES string of the molecule is CS(=O)(=O)c1ccc(-c2ccc3cc(O)ccc3c2Oc2ccc(OCCN3C=CC=CC=C3)cc2)cc1.Cl. The van der Waals surface area contributed by atoms with Gasteiger partial charge in [0.15, 0.2) is 9.84 Å². The van der Waals surface area contributed by atoms with Crippen LogP contribution in [0, 0.1) is 0 Å². The number of allylic oxidation sites excluding steroid dienone is 4. The Morgan fingerprint density at radius 1 is 0.795 bits per heavy atom. The summed E-state index contributed by atoms with van der Waals surface area (Å²) in [6.45, 7) is 1.24. The van der Waals surface area contributed by atoms with Crippen molar-refractivity contribution in [2.75, 3.05) is 19.4 Å². The topological polar surface area (TPSA) is 76.1 Å². The number of hydrogen-bond acceptors (Lipinski definition) is 6. The molecule has 1 heterocycles. The number of sulfone groups is 1. The van der Waals surface area contributed by atoms with Crippen LogP contribution in [0.1, 0.15) is 0 Å². The van der Waals surface area contributed by atoms with Crippen molar-refractivity contribution in [1.82, 2.24) is 4.90 Å². The molecule has 200 valence electrons. The fourth-order valence-corrected chi connectivity index (χ4v) is 4.78. The van der Waals surface area contributed by atoms with Gasteiger partial charge in [-0.3, -0.25) is 0 Å². The van der Waals surface area contributed by atoms with Gasteiger partial charge in [-0.15, -0.1) is 12.4 Å². The molecule has 0 aliphatic carbocycles. The third-order valence-electron chi connectivity index (χ3n) is 6.10. The minimum Gasteiger partial charge on any atom is -0.508 e. The van der Waals surface area contributed by atoms with Crippen LogP contribution in [-0.2, 0) is 9.84 Å². The van der Waals surface area contributed by atoms with Gasteiger partial charge in [0.05, 0.1) is 11.4 Å². The minimum absolute atomic E-state index is 0. The molecule has 4 aromatic carbocycles. The normalized spacial score (nSPS) is 12.7. The summed E-state index contributed by atoms with van der Waals surface area (Å²) >= 11 is 0. The van der Waals surface area contributed by atoms with Crippen LogP contribution < -0.4 is 9.47 Å². The van der Waals surface area contributed by atoms with Crippen molar-refractivity contribution in [2.24, 2.45) is 0 Å². The maximum Gasteiger partial charge on any atom is 0.175 e. The number of benzene rings is 4. The number of nitrogens with zero attached hydrogens (tertiary/aromatic N) is 1. The lowest BCUT2D eigenvalue weighted by molar-refractivity contribution is 0.283. The van der Waals surface area contributed by atoms with E-state index in [0.29, 0.717) is 18.1 Å². The van der Waals surface area contributed by atoms with Crippen LogP contribution in [0.3, 0.4) is 0 Å². The highest BCUT2D eigenvalue weighted by atomic mass is 35.5. The van der Waals surface area contributed by atoms with Crippen molar-refractivity contribution in [1.29, 1.82) is 0 Å². The van der Waals surface area contributed by atoms with Crippen LogP contribution in [0.15, 0.2) is 120 Å². The Labute approximate surface area is 234 Å². The molecule has 0 saturated heterocycles. The Morgan fingerprint density at radius 3 is 2.13 bits per heavy atom. The van der Waals surface area contributed by atoms with Gasteiger partial charge >= 0.3 is 0 Å². The fraction of sp³-hybridized carbons (Fsp3) is 0.0968. The zero-order valence-corrected chi connectivity index (χ0v) is 22.9. The van der Waals surface area contributed by atoms with Gasteiger partial charge < -0.3 is 19.5 Å². The van der Waals surface area contributed by atoms with Gasteiger partial charge in [0.25, 0.3) is 0 Å². The second-order valence-electron chi connectivity index (χ2n) is 8.87. The van der Waals surface area contributed by atoms with Crippen LogP contribution in [0.2, 0.25) is 0 Å². The quantitative estimate of drug-likeness (QED) is 0.247. The maximum absolute atomic E-state index is 11.9. The lowest BCUT2D eigenvalue weighted by atomic mass is 9.99. The Kier molecular flexibility index (Phi) is 8.64. The minimum atomic E-state index is -3.30. The van der Waals surface area contributed by atoms with Crippen LogP contribution in [0.25, 0.3) is 21.9 Å². The van der Waals surface area contributed by atoms with Crippen molar-refractivity contribution in [3.63, 3.8) is 0 Å². The third kappa shape index (κ3) is 6.82. The molecule has 1 aliphatic heterocycles. The van der Waals surface area contributed by atoms with E-state index < -0.39 is 9.84 Å². The first-order valence-electron chi connectivity index (χ1n) is 12.1. The highest BCUT2D eigenvalue weighted by Crippen LogP contribution is 2.41. The summed E-state index contributed by atoms with van der Waals surface area (Å²) in [5, 5.41) is 11.6. The third-order valence-corrected chi connectivity index (χ3v) is 7.23. The second kappa shape index (κ2) is 12.1. The van der Waals surface area contributed by atoms with Gasteiger partial charge in [0.2, 0.25) is 0 Å². The van der Waals surface area contributed by atoms with Crippen molar-refractivity contribution >= 4 is 33.0 Å². The molecule has 0 radical (unpaired) electrons. The Balaban J connectivity index is 0.00000353. The first-order valence-corrected chi connectivity index (χ1v) is 14.0. The zero-order chi connectivity index (χ0) is 26.5. The van der Waals surface area contributed by atoms with Gasteiger partial charge in [-0.2, -0.15) is 0 Å². The summed E-state index contributed by atoms with van der Waals surface area (Å²) < 4.78 is 36.1. The lowest BCUT2D eigenvalue weighted by Gasteiger charge is -2.16. The van der Waals surface area contributed by atoms with Gasteiger partial charge in [-0.1, -0.05) is 30.4 Å². The molecule has 8 heteroatoms. The average molecular weight is 562 g/mol. The largest absolute Gasteiger partial charge is 0.508 e. The van der Waals surface area contributed by atoms with E-state index in [2.05, 4.69) is 4.90 Å². The molecule has 5 rings (SSSR count). The smallest absolute Gasteiger partial charge is 0.175 e. The molecular formula is C31H28ClNO5S. The van der Waals surface area contributed by atoms with Crippen LogP contribution in [0.5, 0.6) is 23.0 Å². The first kappa shape index (κ1) is 27.8. The van der Waals surface area contributed by atoms with E-state index in [1.165, 1.54) is 6.26 Å². The van der Waals surface area contributed by atoms with E-state index in [9.17, 15) is 13.5 Å². The molecular weight excluding hydrogens is 534 g/mol. The molecule has 1 N–H and O–H groups in total. The lowest BCUT2D eigenvalue weighted by Crippen LogP contribution is -2.17. The summed E-state index contributed by atoms with van der Waals surface area (Å²) in [7, 11) is -3.30. The molecule has 1 aliphatic rings. The molecule has 0 spiro atoms. The number of halogens is 1. The molecule has 39 heavy (non-hydrogen) atoms. The van der Waals surface area contributed by atoms with Gasteiger partial charge in [0, 0.05) is 29.6 Å². The van der Waals surface area contributed by atoms with E-state index in [4.69, 9.17) is 9.47 Å². The van der Waals surface area contributed by atoms with E-state index >= 15 is 0 Å². The highest BCUT2D eigenvalue weighted by molar-refractivity contribution is 7.90. The summed E-state index contributed by atoms with van der Waals surface area (Å²) in [6.07, 6.45) is 13.1. The summed E-state index contributed by atoms with van der Waals surface area (Å²) in [6, 6.07) is 23.1. The molecule has 0 atom stereocenters. The molecule has 0 saturated carbocycles.